The summed E-state index contributed by atoms with van der Waals surface area (Å²) >= 11 is 0. The average Bonchev–Trinajstić information content (AvgIpc) is 3.41. The molecule has 0 saturated heterocycles. The van der Waals surface area contributed by atoms with Crippen molar-refractivity contribution in [3.05, 3.63) is 111 Å². The number of rotatable bonds is 7. The molecular weight excluding hydrogens is 609 g/mol. The van der Waals surface area contributed by atoms with E-state index in [1.165, 1.54) is 44.4 Å². The molecule has 0 saturated carbocycles. The highest BCUT2D eigenvalue weighted by Gasteiger charge is 2.26. The Morgan fingerprint density at radius 1 is 1.00 bits per heavy atom. The van der Waals surface area contributed by atoms with E-state index in [0.717, 1.165) is 21.7 Å². The smallest absolute Gasteiger partial charge is 0.280 e. The van der Waals surface area contributed by atoms with Crippen molar-refractivity contribution in [1.82, 2.24) is 19.9 Å². The molecule has 0 radical (unpaired) electrons. The summed E-state index contributed by atoms with van der Waals surface area (Å²) in [4.78, 5) is 36.4. The number of aryl methyl sites for hydroxylation is 2. The van der Waals surface area contributed by atoms with Gasteiger partial charge < -0.3 is 9.73 Å². The molecule has 0 spiro atoms. The van der Waals surface area contributed by atoms with Crippen LogP contribution >= 0.6 is 0 Å². The number of sulfonamides is 1. The summed E-state index contributed by atoms with van der Waals surface area (Å²) < 4.78 is 48.1. The highest BCUT2D eigenvalue weighted by Crippen LogP contribution is 2.41. The number of carbonyl (C=O) groups is 1. The standard InChI is InChI=1S/C34H30FN5O5S/c1-19-6-8-21(9-7-19)18-40-20(2)37-27-15-14-26(38-31(27)34(40)42)24-16-25-29(17-28(24)39(4)46(5,43)44)45-32(30(25)33(41)36-3)22-10-12-23(35)13-11-22/h6-17H,18H2,1-5H3,(H,36,41). The number of nitrogens with zero attached hydrogens (tertiary/aromatic N) is 4. The molecule has 1 amide bonds. The quantitative estimate of drug-likeness (QED) is 0.247. The van der Waals surface area contributed by atoms with Gasteiger partial charge in [-0.15, -0.1) is 0 Å². The zero-order chi connectivity index (χ0) is 32.9. The third-order valence-corrected chi connectivity index (χ3v) is 9.13. The van der Waals surface area contributed by atoms with Crippen LogP contribution in [0.15, 0.2) is 82.0 Å². The van der Waals surface area contributed by atoms with Crippen molar-refractivity contribution >= 4 is 43.6 Å². The van der Waals surface area contributed by atoms with Gasteiger partial charge in [-0.05, 0) is 61.9 Å². The fourth-order valence-electron chi connectivity index (χ4n) is 5.35. The van der Waals surface area contributed by atoms with Crippen molar-refractivity contribution in [2.45, 2.75) is 20.4 Å². The van der Waals surface area contributed by atoms with E-state index in [1.54, 1.807) is 29.7 Å². The van der Waals surface area contributed by atoms with E-state index in [9.17, 15) is 22.4 Å². The number of fused-ring (bicyclic) bond motifs is 2. The number of hydrogen-bond donors (Lipinski definition) is 1. The van der Waals surface area contributed by atoms with Crippen LogP contribution in [0.1, 0.15) is 27.3 Å². The highest BCUT2D eigenvalue weighted by atomic mass is 32.2. The lowest BCUT2D eigenvalue weighted by molar-refractivity contribution is 0.0964. The Kier molecular flexibility index (Phi) is 7.69. The number of hydrogen-bond acceptors (Lipinski definition) is 7. The van der Waals surface area contributed by atoms with Gasteiger partial charge >= 0.3 is 0 Å². The third kappa shape index (κ3) is 5.51. The van der Waals surface area contributed by atoms with Crippen LogP contribution in [0.4, 0.5) is 10.1 Å². The van der Waals surface area contributed by atoms with Crippen LogP contribution in [0.3, 0.4) is 0 Å². The molecule has 0 atom stereocenters. The van der Waals surface area contributed by atoms with Gasteiger partial charge in [0.05, 0.1) is 35.3 Å². The van der Waals surface area contributed by atoms with Gasteiger partial charge in [-0.1, -0.05) is 29.8 Å². The largest absolute Gasteiger partial charge is 0.455 e. The van der Waals surface area contributed by atoms with Crippen molar-refractivity contribution in [2.24, 2.45) is 0 Å². The minimum absolute atomic E-state index is 0.106. The highest BCUT2D eigenvalue weighted by molar-refractivity contribution is 7.92. The van der Waals surface area contributed by atoms with E-state index < -0.39 is 21.7 Å². The van der Waals surface area contributed by atoms with Crippen molar-refractivity contribution in [1.29, 1.82) is 0 Å². The fourth-order valence-corrected chi connectivity index (χ4v) is 5.86. The average molecular weight is 640 g/mol. The molecule has 0 aliphatic carbocycles. The van der Waals surface area contributed by atoms with Crippen molar-refractivity contribution < 1.29 is 22.0 Å². The van der Waals surface area contributed by atoms with Crippen LogP contribution in [0.25, 0.3) is 44.6 Å². The monoisotopic (exact) mass is 639 g/mol. The molecule has 12 heteroatoms. The summed E-state index contributed by atoms with van der Waals surface area (Å²) in [5.74, 6) is -0.206. The molecule has 0 unspecified atom stereocenters. The number of carbonyl (C=O) groups excluding carboxylic acids is 1. The third-order valence-electron chi connectivity index (χ3n) is 7.94. The van der Waals surface area contributed by atoms with Gasteiger partial charge in [0.2, 0.25) is 10.0 Å². The molecule has 0 aliphatic rings. The van der Waals surface area contributed by atoms with Crippen molar-refractivity contribution in [3.8, 4) is 22.6 Å². The first-order chi connectivity index (χ1) is 21.8. The Hall–Kier alpha value is -5.36. The number of aromatic nitrogens is 3. The maximum atomic E-state index is 13.8. The lowest BCUT2D eigenvalue weighted by atomic mass is 10.0. The molecule has 3 heterocycles. The van der Waals surface area contributed by atoms with E-state index in [1.807, 2.05) is 31.2 Å². The number of pyridine rings is 1. The summed E-state index contributed by atoms with van der Waals surface area (Å²) in [5, 5.41) is 3.00. The zero-order valence-corrected chi connectivity index (χ0v) is 26.6. The summed E-state index contributed by atoms with van der Waals surface area (Å²) in [6.45, 7) is 4.04. The van der Waals surface area contributed by atoms with Crippen molar-refractivity contribution in [3.63, 3.8) is 0 Å². The second-order valence-electron chi connectivity index (χ2n) is 11.1. The van der Waals surface area contributed by atoms with Gasteiger partial charge in [-0.2, -0.15) is 0 Å². The predicted octanol–water partition coefficient (Wildman–Crippen LogP) is 5.43. The molecule has 0 bridgehead atoms. The number of benzene rings is 3. The van der Waals surface area contributed by atoms with Gasteiger partial charge in [0.25, 0.3) is 11.5 Å². The number of amides is 1. The molecule has 46 heavy (non-hydrogen) atoms. The molecular formula is C34H30FN5O5S. The molecule has 6 rings (SSSR count). The van der Waals surface area contributed by atoms with Gasteiger partial charge in [0.1, 0.15) is 23.0 Å². The molecule has 10 nitrogen and oxygen atoms in total. The molecule has 3 aromatic heterocycles. The lowest BCUT2D eigenvalue weighted by Crippen LogP contribution is -2.26. The normalized spacial score (nSPS) is 11.7. The Balaban J connectivity index is 1.60. The second kappa shape index (κ2) is 11.5. The number of nitrogens with one attached hydrogen (secondary N) is 1. The topological polar surface area (TPSA) is 127 Å². The van der Waals surface area contributed by atoms with Crippen LogP contribution in [-0.4, -0.2) is 49.2 Å². The lowest BCUT2D eigenvalue weighted by Gasteiger charge is -2.20. The van der Waals surface area contributed by atoms with Crippen molar-refractivity contribution in [2.75, 3.05) is 24.7 Å². The number of furan rings is 1. The Bertz CT molecular complexity index is 2330. The molecule has 234 valence electrons. The van der Waals surface area contributed by atoms with E-state index in [0.29, 0.717) is 34.4 Å². The molecule has 3 aromatic carbocycles. The fraction of sp³-hybridized carbons (Fsp3) is 0.176. The molecule has 6 aromatic rings. The second-order valence-corrected chi connectivity index (χ2v) is 13.1. The van der Waals surface area contributed by atoms with Crippen LogP contribution < -0.4 is 15.2 Å². The zero-order valence-electron chi connectivity index (χ0n) is 25.8. The SMILES string of the molecule is CNC(=O)c1c(-c2ccc(F)cc2)oc2cc(N(C)S(C)(=O)=O)c(-c3ccc4nc(C)n(Cc5ccc(C)cc5)c(=O)c4n3)cc12. The van der Waals surface area contributed by atoms with Gasteiger partial charge in [0, 0.05) is 36.7 Å². The molecule has 1 N–H and O–H groups in total. The van der Waals surface area contributed by atoms with Crippen LogP contribution in [0, 0.1) is 19.7 Å². The van der Waals surface area contributed by atoms with E-state index in [2.05, 4.69) is 10.3 Å². The number of halogens is 1. The first-order valence-electron chi connectivity index (χ1n) is 14.3. The summed E-state index contributed by atoms with van der Waals surface area (Å²) in [6, 6.07) is 19.8. The number of anilines is 1. The Labute approximate surface area is 264 Å². The predicted molar refractivity (Wildman–Crippen MR) is 176 cm³/mol. The minimum atomic E-state index is -3.77. The molecule has 0 aliphatic heterocycles. The van der Waals surface area contributed by atoms with Crippen LogP contribution in [0.2, 0.25) is 0 Å². The van der Waals surface area contributed by atoms with E-state index >= 15 is 0 Å². The van der Waals surface area contributed by atoms with E-state index in [4.69, 9.17) is 9.40 Å². The first-order valence-corrected chi connectivity index (χ1v) is 16.2. The summed E-state index contributed by atoms with van der Waals surface area (Å²) in [6.07, 6.45) is 1.06. The first kappa shape index (κ1) is 30.7. The van der Waals surface area contributed by atoms with Gasteiger partial charge in [-0.3, -0.25) is 18.5 Å². The summed E-state index contributed by atoms with van der Waals surface area (Å²) in [7, 11) is -0.903. The minimum Gasteiger partial charge on any atom is -0.455 e. The maximum Gasteiger partial charge on any atom is 0.280 e. The van der Waals surface area contributed by atoms with Crippen LogP contribution in [-0.2, 0) is 16.6 Å². The van der Waals surface area contributed by atoms with Crippen LogP contribution in [0.5, 0.6) is 0 Å². The van der Waals surface area contributed by atoms with E-state index in [-0.39, 0.29) is 39.4 Å². The molecule has 0 fully saturated rings. The maximum absolute atomic E-state index is 13.8. The van der Waals surface area contributed by atoms with Gasteiger partial charge in [0.15, 0.2) is 5.52 Å². The Morgan fingerprint density at radius 3 is 2.35 bits per heavy atom. The van der Waals surface area contributed by atoms with Gasteiger partial charge in [-0.25, -0.2) is 22.8 Å². The summed E-state index contributed by atoms with van der Waals surface area (Å²) in [5.41, 5.74) is 3.87. The Morgan fingerprint density at radius 2 is 1.70 bits per heavy atom.